The van der Waals surface area contributed by atoms with Crippen molar-refractivity contribution in [3.05, 3.63) is 33.1 Å². The van der Waals surface area contributed by atoms with Crippen molar-refractivity contribution in [1.82, 2.24) is 9.55 Å². The van der Waals surface area contributed by atoms with Crippen LogP contribution in [0.1, 0.15) is 27.0 Å². The van der Waals surface area contributed by atoms with Crippen LogP contribution >= 0.6 is 0 Å². The third-order valence-corrected chi connectivity index (χ3v) is 3.75. The van der Waals surface area contributed by atoms with E-state index in [2.05, 4.69) is 4.98 Å². The fourth-order valence-corrected chi connectivity index (χ4v) is 3.03. The van der Waals surface area contributed by atoms with Crippen molar-refractivity contribution in [1.29, 1.82) is 0 Å². The Kier molecular flexibility index (Phi) is 2.94. The molecule has 0 spiro atoms. The van der Waals surface area contributed by atoms with Crippen LogP contribution in [0.4, 0.5) is 0 Å². The maximum Gasteiger partial charge on any atom is 0.330 e. The van der Waals surface area contributed by atoms with Crippen LogP contribution < -0.4 is 11.2 Å². The van der Waals surface area contributed by atoms with Gasteiger partial charge in [0, 0.05) is 12.3 Å². The molecule has 4 atom stereocenters. The van der Waals surface area contributed by atoms with Crippen molar-refractivity contribution in [3.63, 3.8) is 0 Å². The highest BCUT2D eigenvalue weighted by Crippen LogP contribution is 2.49. The molecule has 8 nitrogen and oxygen atoms in total. The first-order chi connectivity index (χ1) is 9.77. The van der Waals surface area contributed by atoms with E-state index in [4.69, 9.17) is 14.2 Å². The van der Waals surface area contributed by atoms with Crippen LogP contribution in [0.2, 0.25) is 0 Å². The van der Waals surface area contributed by atoms with Gasteiger partial charge in [-0.3, -0.25) is 14.3 Å². The lowest BCUT2D eigenvalue weighted by Gasteiger charge is -2.30. The van der Waals surface area contributed by atoms with Gasteiger partial charge in [0.2, 0.25) is 0 Å². The predicted molar refractivity (Wildman–Crippen MR) is 69.7 cm³/mol. The van der Waals surface area contributed by atoms with Gasteiger partial charge in [0.05, 0.1) is 0 Å². The summed E-state index contributed by atoms with van der Waals surface area (Å²) in [6.07, 6.45) is -0.404. The molecule has 1 N–H and O–H groups in total. The molecule has 8 heteroatoms. The summed E-state index contributed by atoms with van der Waals surface area (Å²) in [5.74, 6) is -0.894. The van der Waals surface area contributed by atoms with Crippen LogP contribution in [0.5, 0.6) is 0 Å². The third kappa shape index (κ3) is 2.06. The van der Waals surface area contributed by atoms with Crippen LogP contribution in [0.15, 0.2) is 21.9 Å². The van der Waals surface area contributed by atoms with Crippen molar-refractivity contribution >= 4 is 6.29 Å². The highest BCUT2D eigenvalue weighted by Gasteiger charge is 2.64. The summed E-state index contributed by atoms with van der Waals surface area (Å²) < 4.78 is 18.4. The summed E-state index contributed by atoms with van der Waals surface area (Å²) in [5.41, 5.74) is -2.16. The minimum Gasteiger partial charge on any atom is -0.341 e. The van der Waals surface area contributed by atoms with Crippen LogP contribution in [0.25, 0.3) is 0 Å². The molecule has 0 aromatic carbocycles. The predicted octanol–water partition coefficient (Wildman–Crippen LogP) is -0.457. The molecule has 21 heavy (non-hydrogen) atoms. The molecular weight excluding hydrogens is 280 g/mol. The smallest absolute Gasteiger partial charge is 0.330 e. The molecule has 0 amide bonds. The zero-order valence-electron chi connectivity index (χ0n) is 11.9. The molecule has 2 aliphatic heterocycles. The second-order valence-electron chi connectivity index (χ2n) is 5.83. The Morgan fingerprint density at radius 3 is 2.67 bits per heavy atom. The molecule has 0 bridgehead atoms. The minimum atomic E-state index is -1.02. The number of hydrogen-bond acceptors (Lipinski definition) is 6. The Morgan fingerprint density at radius 1 is 1.33 bits per heavy atom. The van der Waals surface area contributed by atoms with Gasteiger partial charge in [0.25, 0.3) is 5.56 Å². The van der Waals surface area contributed by atoms with Crippen molar-refractivity contribution < 1.29 is 19.0 Å². The van der Waals surface area contributed by atoms with Gasteiger partial charge >= 0.3 is 5.69 Å². The van der Waals surface area contributed by atoms with Crippen LogP contribution in [-0.2, 0) is 19.0 Å². The number of rotatable bonds is 2. The first-order valence-corrected chi connectivity index (χ1v) is 6.57. The molecule has 1 aromatic heterocycles. The number of ether oxygens (including phenoxy) is 3. The van der Waals surface area contributed by atoms with E-state index in [1.807, 2.05) is 0 Å². The van der Waals surface area contributed by atoms with Crippen molar-refractivity contribution in [2.24, 2.45) is 0 Å². The Balaban J connectivity index is 2.09. The third-order valence-electron chi connectivity index (χ3n) is 3.75. The molecule has 0 unspecified atom stereocenters. The fourth-order valence-electron chi connectivity index (χ4n) is 3.03. The Bertz CT molecular complexity index is 692. The van der Waals surface area contributed by atoms with Gasteiger partial charge in [-0.1, -0.05) is 0 Å². The number of nitrogens with one attached hydrogen (secondary N) is 1. The van der Waals surface area contributed by atoms with Gasteiger partial charge in [-0.25, -0.2) is 4.79 Å². The largest absolute Gasteiger partial charge is 0.341 e. The van der Waals surface area contributed by atoms with Crippen LogP contribution in [0, 0.1) is 0 Å². The highest BCUT2D eigenvalue weighted by molar-refractivity contribution is 5.58. The minimum absolute atomic E-state index is 0.508. The Morgan fingerprint density at radius 2 is 2.05 bits per heavy atom. The van der Waals surface area contributed by atoms with E-state index in [1.165, 1.54) is 16.8 Å². The van der Waals surface area contributed by atoms with E-state index in [-0.39, 0.29) is 0 Å². The summed E-state index contributed by atoms with van der Waals surface area (Å²) >= 11 is 0. The van der Waals surface area contributed by atoms with Crippen molar-refractivity contribution in [2.45, 2.75) is 50.6 Å². The van der Waals surface area contributed by atoms with E-state index in [0.29, 0.717) is 6.29 Å². The number of fused-ring (bicyclic) bond motifs is 1. The number of nitrogens with zero attached hydrogens (tertiary/aromatic N) is 1. The molecule has 0 aliphatic carbocycles. The molecule has 0 saturated carbocycles. The molecule has 3 heterocycles. The molecule has 3 rings (SSSR count). The van der Waals surface area contributed by atoms with Gasteiger partial charge in [-0.05, 0) is 20.8 Å². The number of aldehydes is 1. The number of carbonyl (C=O) groups excluding carboxylic acids is 1. The zero-order valence-corrected chi connectivity index (χ0v) is 11.9. The number of carbonyl (C=O) groups is 1. The average Bonchev–Trinajstić information content (AvgIpc) is 2.76. The zero-order chi connectivity index (χ0) is 15.4. The first-order valence-electron chi connectivity index (χ1n) is 6.57. The van der Waals surface area contributed by atoms with Crippen LogP contribution in [0.3, 0.4) is 0 Å². The molecule has 2 aliphatic rings. The topological polar surface area (TPSA) is 99.6 Å². The number of aromatic amines is 1. The molecule has 1 aromatic rings. The first kappa shape index (κ1) is 14.2. The quantitative estimate of drug-likeness (QED) is 0.742. The van der Waals surface area contributed by atoms with E-state index in [9.17, 15) is 14.4 Å². The number of hydrogen-bond donors (Lipinski definition) is 1. The molecule has 0 radical (unpaired) electrons. The second kappa shape index (κ2) is 4.36. The maximum atomic E-state index is 12.0. The normalized spacial score (nSPS) is 37.4. The lowest BCUT2D eigenvalue weighted by molar-refractivity contribution is -0.213. The number of aromatic nitrogens is 2. The Hall–Kier alpha value is -1.77. The summed E-state index contributed by atoms with van der Waals surface area (Å²) in [4.78, 5) is 36.5. The van der Waals surface area contributed by atoms with Crippen molar-refractivity contribution in [2.75, 3.05) is 0 Å². The highest BCUT2D eigenvalue weighted by atomic mass is 16.8. The summed E-state index contributed by atoms with van der Waals surface area (Å²) in [7, 11) is 0. The summed E-state index contributed by atoms with van der Waals surface area (Å²) in [6, 6.07) is 1.21. The molecular formula is C13H16N2O6. The van der Waals surface area contributed by atoms with E-state index < -0.39 is 41.1 Å². The van der Waals surface area contributed by atoms with Gasteiger partial charge in [0.15, 0.2) is 18.3 Å². The summed E-state index contributed by atoms with van der Waals surface area (Å²) in [5, 5.41) is 0. The van der Waals surface area contributed by atoms with Gasteiger partial charge < -0.3 is 19.0 Å². The van der Waals surface area contributed by atoms with Crippen LogP contribution in [-0.4, -0.2) is 39.4 Å². The fraction of sp³-hybridized carbons (Fsp3) is 0.615. The lowest BCUT2D eigenvalue weighted by Crippen LogP contribution is -2.45. The SMILES string of the molecule is CC1(C)O[C@@H]2[C@@H](C=O)O[C@@H](n3ccc(=O)[nH]c3=O)[C@]2(C)O1. The molecule has 2 fully saturated rings. The van der Waals surface area contributed by atoms with E-state index >= 15 is 0 Å². The molecule has 114 valence electrons. The van der Waals surface area contributed by atoms with Gasteiger partial charge in [0.1, 0.15) is 17.8 Å². The average molecular weight is 296 g/mol. The van der Waals surface area contributed by atoms with E-state index in [0.717, 1.165) is 0 Å². The second-order valence-corrected chi connectivity index (χ2v) is 5.83. The lowest BCUT2D eigenvalue weighted by atomic mass is 9.97. The number of H-pyrrole nitrogens is 1. The molecule has 2 saturated heterocycles. The summed E-state index contributed by atoms with van der Waals surface area (Å²) in [6.45, 7) is 5.17. The van der Waals surface area contributed by atoms with Gasteiger partial charge in [-0.15, -0.1) is 0 Å². The van der Waals surface area contributed by atoms with Crippen molar-refractivity contribution in [3.8, 4) is 0 Å². The Labute approximate surface area is 119 Å². The maximum absolute atomic E-state index is 12.0. The monoisotopic (exact) mass is 296 g/mol. The van der Waals surface area contributed by atoms with E-state index in [1.54, 1.807) is 20.8 Å². The standard InChI is InChI=1S/C13H16N2O6/c1-12(2)20-9-7(6-16)19-10(13(9,3)21-12)15-5-4-8(17)14-11(15)18/h4-7,9-10H,1-3H3,(H,14,17,18)/t7-,9-,10-,13-/m1/s1. The van der Waals surface area contributed by atoms with Gasteiger partial charge in [-0.2, -0.15) is 0 Å².